The van der Waals surface area contributed by atoms with E-state index in [0.29, 0.717) is 23.5 Å². The Labute approximate surface area is 347 Å². The largest absolute Gasteiger partial charge is 0.748 e. The molecule has 3 aliphatic rings. The molecule has 0 bridgehead atoms. The number of fused-ring (bicyclic) bond motifs is 2. The smallest absolute Gasteiger partial charge is 0.303 e. The lowest BCUT2D eigenvalue weighted by molar-refractivity contribution is -0.870. The Bertz CT molecular complexity index is 2410. The van der Waals surface area contributed by atoms with Crippen molar-refractivity contribution < 1.29 is 54.5 Å². The summed E-state index contributed by atoms with van der Waals surface area (Å²) in [5, 5.41) is 14.5. The highest BCUT2D eigenvalue weighted by Crippen LogP contribution is 2.49. The number of carbonyl (C=O) groups is 3. The molecule has 2 heterocycles. The van der Waals surface area contributed by atoms with Crippen LogP contribution in [0.15, 0.2) is 82.1 Å². The standard InChI is InChI=1S/C42H55N5O10S2/c1-41(2)30-15-9-10-16-34(30)46(21-13-14-22-47(6,7)8)36(41)25-29-38(44-32(26-58(52,53)54)40(51)43-20-12-11-17-37(48)49)28(39(29)50)24-35-42(3,4)31-23-27(59(55,56)57)18-19-33(31)45(35)5/h9-10,15-16,18-19,23-25,32H,11-14,17,20-22,26H2,1-8H3,(H3-2,43,44,48,49,50,51,52,53,54,55,56,57). The molecular formula is C42H55N5O10S2. The maximum atomic E-state index is 14.5. The predicted molar refractivity (Wildman–Crippen MR) is 221 cm³/mol. The van der Waals surface area contributed by atoms with Crippen molar-refractivity contribution in [1.82, 2.24) is 10.6 Å². The van der Waals surface area contributed by atoms with Crippen LogP contribution >= 0.6 is 0 Å². The topological polar surface area (TPSA) is 216 Å². The van der Waals surface area contributed by atoms with Gasteiger partial charge in [-0.05, 0) is 69.4 Å². The third kappa shape index (κ3) is 10.0. The van der Waals surface area contributed by atoms with Gasteiger partial charge >= 0.3 is 5.97 Å². The third-order valence-electron chi connectivity index (χ3n) is 11.3. The minimum atomic E-state index is -5.00. The number of hydrogen-bond acceptors (Lipinski definition) is 11. The minimum Gasteiger partial charge on any atom is -0.748 e. The van der Waals surface area contributed by atoms with Crippen molar-refractivity contribution in [2.45, 2.75) is 81.6 Å². The van der Waals surface area contributed by atoms with Gasteiger partial charge in [-0.1, -0.05) is 32.0 Å². The highest BCUT2D eigenvalue weighted by Gasteiger charge is 2.47. The lowest BCUT2D eigenvalue weighted by Gasteiger charge is -2.33. The van der Waals surface area contributed by atoms with Gasteiger partial charge in [0.15, 0.2) is 11.5 Å². The molecular weight excluding hydrogens is 799 g/mol. The molecule has 59 heavy (non-hydrogen) atoms. The highest BCUT2D eigenvalue weighted by molar-refractivity contribution is 7.86. The number of nitrogens with one attached hydrogen (secondary N) is 2. The zero-order valence-corrected chi connectivity index (χ0v) is 36.6. The molecule has 0 aromatic heterocycles. The second kappa shape index (κ2) is 16.8. The van der Waals surface area contributed by atoms with Gasteiger partial charge < -0.3 is 34.2 Å². The maximum absolute atomic E-state index is 14.5. The Kier molecular flexibility index (Phi) is 12.9. The van der Waals surface area contributed by atoms with E-state index in [0.717, 1.165) is 40.8 Å². The van der Waals surface area contributed by atoms with Crippen LogP contribution in [0.1, 0.15) is 70.9 Å². The molecule has 5 rings (SSSR count). The first-order valence-electron chi connectivity index (χ1n) is 19.6. The number of ketones is 1. The maximum Gasteiger partial charge on any atom is 0.303 e. The fourth-order valence-corrected chi connectivity index (χ4v) is 9.22. The van der Waals surface area contributed by atoms with Gasteiger partial charge in [-0.25, -0.2) is 16.8 Å². The normalized spacial score (nSPS) is 19.2. The van der Waals surface area contributed by atoms with Crippen molar-refractivity contribution in [1.29, 1.82) is 0 Å². The van der Waals surface area contributed by atoms with Crippen molar-refractivity contribution in [2.24, 2.45) is 0 Å². The summed E-state index contributed by atoms with van der Waals surface area (Å²) >= 11 is 0. The second-order valence-corrected chi connectivity index (χ2v) is 20.3. The number of benzene rings is 2. The third-order valence-corrected chi connectivity index (χ3v) is 12.8. The molecule has 2 aliphatic heterocycles. The van der Waals surface area contributed by atoms with E-state index in [4.69, 9.17) is 5.11 Å². The first-order chi connectivity index (χ1) is 27.2. The van der Waals surface area contributed by atoms with Gasteiger partial charge in [0.25, 0.3) is 0 Å². The number of allylic oxidation sites excluding steroid dienone is 5. The number of carboxylic acid groups (broad SMARTS) is 1. The molecule has 0 radical (unpaired) electrons. The number of amides is 1. The monoisotopic (exact) mass is 853 g/mol. The molecule has 1 atom stereocenters. The number of Topliss-reactive ketones (excluding diaryl/α,β-unsaturated/α-hetero) is 1. The molecule has 0 saturated carbocycles. The molecule has 0 saturated heterocycles. The number of quaternary nitrogens is 1. The average molecular weight is 854 g/mol. The summed E-state index contributed by atoms with van der Waals surface area (Å²) in [4.78, 5) is 40.9. The summed E-state index contributed by atoms with van der Waals surface area (Å²) in [6.45, 7) is 9.36. The van der Waals surface area contributed by atoms with E-state index in [2.05, 4.69) is 50.5 Å². The Morgan fingerprint density at radius 1 is 0.932 bits per heavy atom. The van der Waals surface area contributed by atoms with Crippen LogP contribution in [0, 0.1) is 0 Å². The van der Waals surface area contributed by atoms with E-state index in [9.17, 15) is 40.3 Å². The van der Waals surface area contributed by atoms with Crippen LogP contribution in [-0.4, -0.2) is 123 Å². The average Bonchev–Trinajstić information content (AvgIpc) is 3.45. The van der Waals surface area contributed by atoms with Crippen LogP contribution in [0.2, 0.25) is 0 Å². The first kappa shape index (κ1) is 45.4. The van der Waals surface area contributed by atoms with Crippen molar-refractivity contribution in [3.05, 3.63) is 88.3 Å². The van der Waals surface area contributed by atoms with Gasteiger partial charge in [0.2, 0.25) is 11.6 Å². The van der Waals surface area contributed by atoms with Gasteiger partial charge in [-0.15, -0.1) is 0 Å². The zero-order chi connectivity index (χ0) is 43.9. The van der Waals surface area contributed by atoms with E-state index in [1.54, 1.807) is 23.8 Å². The molecule has 17 heteroatoms. The number of carbonyl (C=O) groups excluding carboxylic acids is 2. The van der Waals surface area contributed by atoms with Gasteiger partial charge in [0.05, 0.1) is 65.1 Å². The van der Waals surface area contributed by atoms with Gasteiger partial charge in [0.1, 0.15) is 23.2 Å². The van der Waals surface area contributed by atoms with Crippen LogP contribution in [-0.2, 0) is 45.4 Å². The number of rotatable bonds is 18. The Balaban J connectivity index is 1.63. The number of para-hydroxylation sites is 1. The number of hydrogen-bond donors (Lipinski definition) is 3. The Morgan fingerprint density at radius 2 is 1.61 bits per heavy atom. The first-order valence-corrected chi connectivity index (χ1v) is 22.5. The van der Waals surface area contributed by atoms with Gasteiger partial charge in [0, 0.05) is 59.6 Å². The minimum absolute atomic E-state index is 0.0204. The lowest BCUT2D eigenvalue weighted by Crippen LogP contribution is -2.50. The number of anilines is 1. The molecule has 1 aliphatic carbocycles. The number of unbranched alkanes of at least 4 members (excludes halogenated alkanes) is 2. The molecule has 0 fully saturated rings. The molecule has 2 aromatic carbocycles. The van der Waals surface area contributed by atoms with Crippen molar-refractivity contribution in [3.63, 3.8) is 0 Å². The van der Waals surface area contributed by atoms with Crippen molar-refractivity contribution in [2.75, 3.05) is 58.5 Å². The van der Waals surface area contributed by atoms with Gasteiger partial charge in [-0.3, -0.25) is 14.4 Å². The fourth-order valence-electron chi connectivity index (χ4n) is 8.08. The van der Waals surface area contributed by atoms with E-state index in [-0.39, 0.29) is 42.7 Å². The van der Waals surface area contributed by atoms with E-state index in [1.807, 2.05) is 38.1 Å². The SMILES string of the molecule is C[N+]1=C(/C=C2\C(=O)C(/C=C3/N(CCCC[N+](C)(C)C)c4ccccc4C3(C)C)=C2NC(CS(=O)(=O)[O-])C(=O)NCCCCC(=O)O)C(C)(C)c2cc(S(=O)(=O)[O-])ccc21. The summed E-state index contributed by atoms with van der Waals surface area (Å²) in [5.41, 5.74) is 3.43. The van der Waals surface area contributed by atoms with E-state index >= 15 is 0 Å². The summed E-state index contributed by atoms with van der Waals surface area (Å²) in [6, 6.07) is 10.4. The summed E-state index contributed by atoms with van der Waals surface area (Å²) in [7, 11) is -1.64. The molecule has 15 nitrogen and oxygen atoms in total. The van der Waals surface area contributed by atoms with Crippen LogP contribution in [0.5, 0.6) is 0 Å². The van der Waals surface area contributed by atoms with Gasteiger partial charge in [-0.2, -0.15) is 4.58 Å². The molecule has 3 N–H and O–H groups in total. The van der Waals surface area contributed by atoms with Crippen molar-refractivity contribution >= 4 is 55.0 Å². The van der Waals surface area contributed by atoms with E-state index < -0.39 is 65.4 Å². The number of nitrogens with zero attached hydrogens (tertiary/aromatic N) is 3. The Hall–Kier alpha value is -4.68. The van der Waals surface area contributed by atoms with Crippen LogP contribution in [0.25, 0.3) is 0 Å². The fraction of sp³-hybridized carbons (Fsp3) is 0.476. The highest BCUT2D eigenvalue weighted by atomic mass is 32.2. The Morgan fingerprint density at radius 3 is 2.24 bits per heavy atom. The number of aliphatic carboxylic acids is 1. The summed E-state index contributed by atoms with van der Waals surface area (Å²) in [5.74, 6) is -3.38. The quantitative estimate of drug-likeness (QED) is 0.0647. The summed E-state index contributed by atoms with van der Waals surface area (Å²) in [6.07, 6.45) is 5.59. The molecule has 1 unspecified atom stereocenters. The van der Waals surface area contributed by atoms with Crippen LogP contribution < -0.4 is 15.5 Å². The second-order valence-electron chi connectivity index (χ2n) is 17.5. The molecule has 2 aromatic rings. The van der Waals surface area contributed by atoms with Crippen LogP contribution in [0.3, 0.4) is 0 Å². The predicted octanol–water partition coefficient (Wildman–Crippen LogP) is 3.40. The molecule has 0 spiro atoms. The van der Waals surface area contributed by atoms with E-state index in [1.165, 1.54) is 18.2 Å². The summed E-state index contributed by atoms with van der Waals surface area (Å²) < 4.78 is 75.1. The lowest BCUT2D eigenvalue weighted by atomic mass is 9.76. The molecule has 320 valence electrons. The zero-order valence-electron chi connectivity index (χ0n) is 34.9. The number of carboxylic acids is 1. The van der Waals surface area contributed by atoms with Crippen LogP contribution in [0.4, 0.5) is 11.4 Å². The molecule has 1 amide bonds. The van der Waals surface area contributed by atoms with Crippen molar-refractivity contribution in [3.8, 4) is 0 Å².